The molecule has 1 saturated carbocycles. The number of carboxylic acid groups (broad SMARTS) is 1. The number of carbonyl (C=O) groups excluding carboxylic acids is 1. The van der Waals surface area contributed by atoms with Gasteiger partial charge in [-0.05, 0) is 31.9 Å². The fraction of sp³-hybridized carbons (Fsp3) is 0.467. The van der Waals surface area contributed by atoms with Crippen molar-refractivity contribution in [2.45, 2.75) is 25.8 Å². The number of hydrogen-bond acceptors (Lipinski definition) is 4. The lowest BCUT2D eigenvalue weighted by Gasteiger charge is -2.32. The van der Waals surface area contributed by atoms with Crippen molar-refractivity contribution in [2.24, 2.45) is 5.92 Å². The molecular weight excluding hydrogens is 274 g/mol. The Morgan fingerprint density at radius 1 is 1.19 bits per heavy atom. The van der Waals surface area contributed by atoms with Crippen LogP contribution in [0.4, 0.5) is 0 Å². The SMILES string of the molecule is COc1cc(C(=O)NC2CC(C(=O)O)C2)cc(OC)c1C. The van der Waals surface area contributed by atoms with Gasteiger partial charge >= 0.3 is 5.97 Å². The summed E-state index contributed by atoms with van der Waals surface area (Å²) in [6.45, 7) is 1.85. The van der Waals surface area contributed by atoms with Gasteiger partial charge in [-0.3, -0.25) is 9.59 Å². The van der Waals surface area contributed by atoms with Crippen molar-refractivity contribution < 1.29 is 24.2 Å². The van der Waals surface area contributed by atoms with Crippen LogP contribution in [0.5, 0.6) is 11.5 Å². The average Bonchev–Trinajstić information content (AvgIpc) is 2.41. The van der Waals surface area contributed by atoms with Crippen LogP contribution in [0.3, 0.4) is 0 Å². The minimum atomic E-state index is -0.806. The molecule has 1 fully saturated rings. The molecule has 0 atom stereocenters. The van der Waals surface area contributed by atoms with E-state index in [2.05, 4.69) is 5.32 Å². The van der Waals surface area contributed by atoms with Gasteiger partial charge < -0.3 is 19.9 Å². The highest BCUT2D eigenvalue weighted by Crippen LogP contribution is 2.31. The number of rotatable bonds is 5. The molecule has 1 aromatic carbocycles. The molecule has 6 nitrogen and oxygen atoms in total. The Morgan fingerprint density at radius 2 is 1.71 bits per heavy atom. The van der Waals surface area contributed by atoms with Crippen LogP contribution < -0.4 is 14.8 Å². The van der Waals surface area contributed by atoms with Gasteiger partial charge in [0, 0.05) is 17.2 Å². The molecule has 1 aliphatic rings. The lowest BCUT2D eigenvalue weighted by atomic mass is 9.80. The predicted octanol–water partition coefficient (Wildman–Crippen LogP) is 1.61. The van der Waals surface area contributed by atoms with Crippen LogP contribution in [0.15, 0.2) is 12.1 Å². The third kappa shape index (κ3) is 3.09. The Labute approximate surface area is 123 Å². The number of methoxy groups -OCH3 is 2. The van der Waals surface area contributed by atoms with Crippen molar-refractivity contribution in [3.63, 3.8) is 0 Å². The Bertz CT molecular complexity index is 538. The molecular formula is C15H19NO5. The van der Waals surface area contributed by atoms with Crippen LogP contribution in [0, 0.1) is 12.8 Å². The van der Waals surface area contributed by atoms with Gasteiger partial charge in [-0.25, -0.2) is 0 Å². The molecule has 0 aromatic heterocycles. The molecule has 0 heterocycles. The summed E-state index contributed by atoms with van der Waals surface area (Å²) in [6.07, 6.45) is 0.947. The summed E-state index contributed by atoms with van der Waals surface area (Å²) in [5.74, 6) is -0.245. The van der Waals surface area contributed by atoms with Gasteiger partial charge in [0.25, 0.3) is 5.91 Å². The highest BCUT2D eigenvalue weighted by atomic mass is 16.5. The number of carbonyl (C=O) groups is 2. The summed E-state index contributed by atoms with van der Waals surface area (Å²) in [5, 5.41) is 11.6. The molecule has 0 aliphatic heterocycles. The van der Waals surface area contributed by atoms with E-state index in [0.29, 0.717) is 29.9 Å². The molecule has 6 heteroatoms. The maximum Gasteiger partial charge on any atom is 0.306 e. The number of amides is 1. The van der Waals surface area contributed by atoms with E-state index in [1.165, 1.54) is 14.2 Å². The van der Waals surface area contributed by atoms with E-state index < -0.39 is 5.97 Å². The summed E-state index contributed by atoms with van der Waals surface area (Å²) in [5.41, 5.74) is 1.26. The molecule has 2 rings (SSSR count). The number of hydrogen-bond donors (Lipinski definition) is 2. The molecule has 0 saturated heterocycles. The number of nitrogens with one attached hydrogen (secondary N) is 1. The van der Waals surface area contributed by atoms with Crippen LogP contribution >= 0.6 is 0 Å². The highest BCUT2D eigenvalue weighted by Gasteiger charge is 2.35. The van der Waals surface area contributed by atoms with Gasteiger partial charge in [0.2, 0.25) is 0 Å². The first-order chi connectivity index (χ1) is 9.96. The van der Waals surface area contributed by atoms with Crippen LogP contribution in [0.1, 0.15) is 28.8 Å². The van der Waals surface area contributed by atoms with Crippen molar-refractivity contribution >= 4 is 11.9 Å². The van der Waals surface area contributed by atoms with E-state index in [1.54, 1.807) is 12.1 Å². The van der Waals surface area contributed by atoms with Crippen molar-refractivity contribution in [1.29, 1.82) is 0 Å². The van der Waals surface area contributed by atoms with Gasteiger partial charge in [-0.1, -0.05) is 0 Å². The molecule has 0 radical (unpaired) electrons. The lowest BCUT2D eigenvalue weighted by molar-refractivity contribution is -0.145. The van der Waals surface area contributed by atoms with Crippen molar-refractivity contribution in [3.05, 3.63) is 23.3 Å². The summed E-state index contributed by atoms with van der Waals surface area (Å²) in [6, 6.07) is 3.22. The second-order valence-corrected chi connectivity index (χ2v) is 5.18. The van der Waals surface area contributed by atoms with E-state index in [-0.39, 0.29) is 17.9 Å². The predicted molar refractivity (Wildman–Crippen MR) is 75.9 cm³/mol. The zero-order valence-corrected chi connectivity index (χ0v) is 12.3. The maximum atomic E-state index is 12.2. The Balaban J connectivity index is 2.08. The first-order valence-corrected chi connectivity index (χ1v) is 6.72. The zero-order valence-electron chi connectivity index (χ0n) is 12.3. The number of carboxylic acids is 1. The van der Waals surface area contributed by atoms with E-state index in [0.717, 1.165) is 5.56 Å². The summed E-state index contributed by atoms with van der Waals surface area (Å²) in [7, 11) is 3.07. The van der Waals surface area contributed by atoms with Gasteiger partial charge in [-0.2, -0.15) is 0 Å². The Kier molecular flexibility index (Phi) is 4.35. The fourth-order valence-corrected chi connectivity index (χ4v) is 2.42. The van der Waals surface area contributed by atoms with Crippen LogP contribution in [-0.2, 0) is 4.79 Å². The molecule has 1 amide bonds. The standard InChI is InChI=1S/C15H19NO5/c1-8-12(20-2)6-9(7-13(8)21-3)14(17)16-11-4-10(5-11)15(18)19/h6-7,10-11H,4-5H2,1-3H3,(H,16,17)(H,18,19). The fourth-order valence-electron chi connectivity index (χ4n) is 2.42. The highest BCUT2D eigenvalue weighted by molar-refractivity contribution is 5.95. The summed E-state index contributed by atoms with van der Waals surface area (Å²) in [4.78, 5) is 22.9. The van der Waals surface area contributed by atoms with E-state index in [9.17, 15) is 9.59 Å². The van der Waals surface area contributed by atoms with Gasteiger partial charge in [-0.15, -0.1) is 0 Å². The quantitative estimate of drug-likeness (QED) is 0.861. The van der Waals surface area contributed by atoms with Crippen molar-refractivity contribution in [3.8, 4) is 11.5 Å². The van der Waals surface area contributed by atoms with Crippen LogP contribution in [-0.4, -0.2) is 37.2 Å². The van der Waals surface area contributed by atoms with Gasteiger partial charge in [0.1, 0.15) is 11.5 Å². The molecule has 2 N–H and O–H groups in total. The number of aliphatic carboxylic acids is 1. The first kappa shape index (κ1) is 15.2. The van der Waals surface area contributed by atoms with Crippen molar-refractivity contribution in [1.82, 2.24) is 5.32 Å². The minimum Gasteiger partial charge on any atom is -0.496 e. The molecule has 1 aliphatic carbocycles. The molecule has 1 aromatic rings. The second-order valence-electron chi connectivity index (χ2n) is 5.18. The Morgan fingerprint density at radius 3 is 2.14 bits per heavy atom. The van der Waals surface area contributed by atoms with Crippen molar-refractivity contribution in [2.75, 3.05) is 14.2 Å². The smallest absolute Gasteiger partial charge is 0.306 e. The molecule has 114 valence electrons. The Hall–Kier alpha value is -2.24. The lowest BCUT2D eigenvalue weighted by Crippen LogP contribution is -2.46. The zero-order chi connectivity index (χ0) is 15.6. The number of benzene rings is 1. The molecule has 0 spiro atoms. The monoisotopic (exact) mass is 293 g/mol. The van der Waals surface area contributed by atoms with E-state index in [1.807, 2.05) is 6.92 Å². The van der Waals surface area contributed by atoms with E-state index in [4.69, 9.17) is 14.6 Å². The second kappa shape index (κ2) is 6.03. The third-order valence-electron chi connectivity index (χ3n) is 3.84. The topological polar surface area (TPSA) is 84.9 Å². The summed E-state index contributed by atoms with van der Waals surface area (Å²) >= 11 is 0. The minimum absolute atomic E-state index is 0.0862. The average molecular weight is 293 g/mol. The largest absolute Gasteiger partial charge is 0.496 e. The van der Waals surface area contributed by atoms with Gasteiger partial charge in [0.15, 0.2) is 0 Å². The maximum absolute atomic E-state index is 12.2. The van der Waals surface area contributed by atoms with Crippen LogP contribution in [0.25, 0.3) is 0 Å². The first-order valence-electron chi connectivity index (χ1n) is 6.72. The molecule has 0 unspecified atom stereocenters. The molecule has 0 bridgehead atoms. The third-order valence-corrected chi connectivity index (χ3v) is 3.84. The van der Waals surface area contributed by atoms with Gasteiger partial charge in [0.05, 0.1) is 20.1 Å². The normalized spacial score (nSPS) is 20.3. The number of ether oxygens (including phenoxy) is 2. The van der Waals surface area contributed by atoms with Crippen LogP contribution in [0.2, 0.25) is 0 Å². The molecule has 21 heavy (non-hydrogen) atoms. The summed E-state index contributed by atoms with van der Waals surface area (Å²) < 4.78 is 10.5. The van der Waals surface area contributed by atoms with E-state index >= 15 is 0 Å².